The molecule has 3 heteroatoms. The highest BCUT2D eigenvalue weighted by Crippen LogP contribution is 2.23. The summed E-state index contributed by atoms with van der Waals surface area (Å²) in [6, 6.07) is 24.5. The van der Waals surface area contributed by atoms with E-state index in [1.807, 2.05) is 63.2 Å². The van der Waals surface area contributed by atoms with Crippen molar-refractivity contribution in [1.82, 2.24) is 0 Å². The van der Waals surface area contributed by atoms with Gasteiger partial charge in [-0.25, -0.2) is 4.79 Å². The first-order valence-corrected chi connectivity index (χ1v) is 8.57. The predicted molar refractivity (Wildman–Crippen MR) is 104 cm³/mol. The van der Waals surface area contributed by atoms with Crippen molar-refractivity contribution in [1.29, 1.82) is 0 Å². The lowest BCUT2D eigenvalue weighted by Gasteiger charge is -2.21. The van der Waals surface area contributed by atoms with Crippen LogP contribution in [-0.4, -0.2) is 11.6 Å². The summed E-state index contributed by atoms with van der Waals surface area (Å²) in [7, 11) is 0. The van der Waals surface area contributed by atoms with Crippen molar-refractivity contribution < 1.29 is 14.3 Å². The summed E-state index contributed by atoms with van der Waals surface area (Å²) in [5.74, 6) is 0.853. The van der Waals surface area contributed by atoms with E-state index < -0.39 is 0 Å². The Hall–Kier alpha value is -3.07. The molecule has 0 saturated heterocycles. The fourth-order valence-corrected chi connectivity index (χ4v) is 2.52. The van der Waals surface area contributed by atoms with Crippen LogP contribution in [-0.2, 0) is 0 Å². The maximum absolute atomic E-state index is 12.3. The zero-order chi connectivity index (χ0) is 18.6. The van der Waals surface area contributed by atoms with Crippen LogP contribution in [0.4, 0.5) is 0 Å². The Morgan fingerprint density at radius 1 is 0.692 bits per heavy atom. The SMILES string of the molecule is CC(C)(C)Oc1ccc(C(=O)Oc2ccc(-c3ccccc3)cc2)cc1. The Morgan fingerprint density at radius 3 is 1.81 bits per heavy atom. The molecule has 0 unspecified atom stereocenters. The van der Waals surface area contributed by atoms with E-state index in [0.717, 1.165) is 16.9 Å². The van der Waals surface area contributed by atoms with E-state index in [4.69, 9.17) is 9.47 Å². The first kappa shape index (κ1) is 17.7. The molecule has 26 heavy (non-hydrogen) atoms. The Bertz CT molecular complexity index is 858. The summed E-state index contributed by atoms with van der Waals surface area (Å²) in [5, 5.41) is 0. The minimum absolute atomic E-state index is 0.275. The molecule has 0 fully saturated rings. The van der Waals surface area contributed by atoms with E-state index >= 15 is 0 Å². The molecule has 3 aromatic rings. The minimum atomic E-state index is -0.389. The monoisotopic (exact) mass is 346 g/mol. The molecule has 0 atom stereocenters. The second-order valence-electron chi connectivity index (χ2n) is 7.02. The van der Waals surface area contributed by atoms with Gasteiger partial charge in [0, 0.05) is 0 Å². The van der Waals surface area contributed by atoms with Crippen molar-refractivity contribution in [3.63, 3.8) is 0 Å². The van der Waals surface area contributed by atoms with Gasteiger partial charge in [0.1, 0.15) is 17.1 Å². The van der Waals surface area contributed by atoms with E-state index in [1.165, 1.54) is 0 Å². The highest BCUT2D eigenvalue weighted by Gasteiger charge is 2.13. The molecule has 0 amide bonds. The molecule has 0 aliphatic heterocycles. The number of esters is 1. The number of ether oxygens (including phenoxy) is 2. The maximum Gasteiger partial charge on any atom is 0.343 e. The van der Waals surface area contributed by atoms with Crippen molar-refractivity contribution >= 4 is 5.97 Å². The lowest BCUT2D eigenvalue weighted by Crippen LogP contribution is -2.22. The van der Waals surface area contributed by atoms with Crippen LogP contribution < -0.4 is 9.47 Å². The average Bonchev–Trinajstić information content (AvgIpc) is 2.62. The standard InChI is InChI=1S/C23H22O3/c1-23(2,3)26-21-15-11-19(12-16-21)22(24)25-20-13-9-18(10-14-20)17-7-5-4-6-8-17/h4-16H,1-3H3. The Balaban J connectivity index is 1.66. The van der Waals surface area contributed by atoms with Crippen molar-refractivity contribution in [2.24, 2.45) is 0 Å². The molecule has 3 aromatic carbocycles. The van der Waals surface area contributed by atoms with Gasteiger partial charge in [-0.05, 0) is 68.3 Å². The molecule has 3 rings (SSSR count). The summed E-state index contributed by atoms with van der Waals surface area (Å²) in [5.41, 5.74) is 2.41. The Kier molecular flexibility index (Phi) is 5.08. The summed E-state index contributed by atoms with van der Waals surface area (Å²) in [4.78, 5) is 12.3. The van der Waals surface area contributed by atoms with E-state index in [2.05, 4.69) is 0 Å². The second-order valence-corrected chi connectivity index (χ2v) is 7.02. The lowest BCUT2D eigenvalue weighted by atomic mass is 10.1. The zero-order valence-electron chi connectivity index (χ0n) is 15.2. The lowest BCUT2D eigenvalue weighted by molar-refractivity contribution is 0.0734. The third-order valence-electron chi connectivity index (χ3n) is 3.69. The Labute approximate surface area is 154 Å². The van der Waals surface area contributed by atoms with Crippen LogP contribution in [0, 0.1) is 0 Å². The maximum atomic E-state index is 12.3. The van der Waals surface area contributed by atoms with Crippen LogP contribution in [0.3, 0.4) is 0 Å². The molecular formula is C23H22O3. The minimum Gasteiger partial charge on any atom is -0.488 e. The van der Waals surface area contributed by atoms with Gasteiger partial charge in [0.25, 0.3) is 0 Å². The summed E-state index contributed by atoms with van der Waals surface area (Å²) < 4.78 is 11.2. The topological polar surface area (TPSA) is 35.5 Å². The van der Waals surface area contributed by atoms with Gasteiger partial charge in [-0.2, -0.15) is 0 Å². The first-order chi connectivity index (χ1) is 12.4. The molecule has 0 radical (unpaired) electrons. The van der Waals surface area contributed by atoms with Crippen LogP contribution >= 0.6 is 0 Å². The third kappa shape index (κ3) is 4.73. The number of hydrogen-bond acceptors (Lipinski definition) is 3. The van der Waals surface area contributed by atoms with E-state index in [1.54, 1.807) is 36.4 Å². The van der Waals surface area contributed by atoms with Crippen molar-refractivity contribution in [2.75, 3.05) is 0 Å². The largest absolute Gasteiger partial charge is 0.488 e. The number of benzene rings is 3. The quantitative estimate of drug-likeness (QED) is 0.446. The molecule has 0 aliphatic rings. The molecule has 0 aliphatic carbocycles. The highest BCUT2D eigenvalue weighted by atomic mass is 16.5. The summed E-state index contributed by atoms with van der Waals surface area (Å²) >= 11 is 0. The molecule has 0 bridgehead atoms. The zero-order valence-corrected chi connectivity index (χ0v) is 15.2. The summed E-state index contributed by atoms with van der Waals surface area (Å²) in [6.07, 6.45) is 0. The average molecular weight is 346 g/mol. The van der Waals surface area contributed by atoms with Gasteiger partial charge in [0.05, 0.1) is 5.56 Å². The molecule has 0 N–H and O–H groups in total. The molecule has 0 spiro atoms. The van der Waals surface area contributed by atoms with Crippen LogP contribution in [0.1, 0.15) is 31.1 Å². The van der Waals surface area contributed by atoms with E-state index in [0.29, 0.717) is 11.3 Å². The normalized spacial score (nSPS) is 11.0. The van der Waals surface area contributed by atoms with E-state index in [-0.39, 0.29) is 11.6 Å². The van der Waals surface area contributed by atoms with Crippen LogP contribution in [0.15, 0.2) is 78.9 Å². The van der Waals surface area contributed by atoms with Gasteiger partial charge in [-0.3, -0.25) is 0 Å². The van der Waals surface area contributed by atoms with Crippen LogP contribution in [0.5, 0.6) is 11.5 Å². The van der Waals surface area contributed by atoms with Crippen molar-refractivity contribution in [3.8, 4) is 22.6 Å². The fraction of sp³-hybridized carbons (Fsp3) is 0.174. The number of carbonyl (C=O) groups excluding carboxylic acids is 1. The molecule has 0 aromatic heterocycles. The summed E-state index contributed by atoms with van der Waals surface area (Å²) in [6.45, 7) is 5.94. The smallest absolute Gasteiger partial charge is 0.343 e. The predicted octanol–water partition coefficient (Wildman–Crippen LogP) is 5.75. The Morgan fingerprint density at radius 2 is 1.23 bits per heavy atom. The van der Waals surface area contributed by atoms with E-state index in [9.17, 15) is 4.79 Å². The van der Waals surface area contributed by atoms with Crippen LogP contribution in [0.2, 0.25) is 0 Å². The van der Waals surface area contributed by atoms with Crippen molar-refractivity contribution in [2.45, 2.75) is 26.4 Å². The van der Waals surface area contributed by atoms with Gasteiger partial charge in [-0.1, -0.05) is 42.5 Å². The molecule has 132 valence electrons. The number of hydrogen-bond donors (Lipinski definition) is 0. The van der Waals surface area contributed by atoms with Gasteiger partial charge in [0.2, 0.25) is 0 Å². The molecule has 0 heterocycles. The van der Waals surface area contributed by atoms with Gasteiger partial charge < -0.3 is 9.47 Å². The number of carbonyl (C=O) groups is 1. The molecular weight excluding hydrogens is 324 g/mol. The van der Waals surface area contributed by atoms with Crippen LogP contribution in [0.25, 0.3) is 11.1 Å². The number of rotatable bonds is 4. The van der Waals surface area contributed by atoms with Gasteiger partial charge >= 0.3 is 5.97 Å². The molecule has 3 nitrogen and oxygen atoms in total. The fourth-order valence-electron chi connectivity index (χ4n) is 2.52. The highest BCUT2D eigenvalue weighted by molar-refractivity contribution is 5.91. The van der Waals surface area contributed by atoms with Crippen molar-refractivity contribution in [3.05, 3.63) is 84.4 Å². The molecule has 0 saturated carbocycles. The van der Waals surface area contributed by atoms with Gasteiger partial charge in [-0.15, -0.1) is 0 Å². The third-order valence-corrected chi connectivity index (χ3v) is 3.69. The first-order valence-electron chi connectivity index (χ1n) is 8.57. The van der Waals surface area contributed by atoms with Gasteiger partial charge in [0.15, 0.2) is 0 Å². The second kappa shape index (κ2) is 7.44.